The van der Waals surface area contributed by atoms with Crippen LogP contribution in [0.15, 0.2) is 53.4 Å². The maximum atomic E-state index is 13.3. The third-order valence-corrected chi connectivity index (χ3v) is 6.09. The Balaban J connectivity index is 0.00000280. The molecule has 1 saturated heterocycles. The molecule has 9 heteroatoms. The molecule has 152 valence electrons. The van der Waals surface area contributed by atoms with Gasteiger partial charge in [0.1, 0.15) is 5.82 Å². The van der Waals surface area contributed by atoms with E-state index in [1.807, 2.05) is 0 Å². The van der Waals surface area contributed by atoms with Gasteiger partial charge in [-0.3, -0.25) is 4.79 Å². The normalized spacial score (nSPS) is 17.1. The standard InChI is InChI=1S/C19H22FN3O3S.ClH/c20-16-3-1-5-18(11-16)27(25,26)22-17-4-2-10-23(13-17)19(24)15-8-6-14(12-21)7-9-15;/h1,3,5-9,11,17,22H,2,4,10,12-13,21H2;1H. The minimum atomic E-state index is -3.85. The number of piperidine rings is 1. The monoisotopic (exact) mass is 427 g/mol. The first-order valence-electron chi connectivity index (χ1n) is 8.75. The van der Waals surface area contributed by atoms with Gasteiger partial charge in [-0.15, -0.1) is 12.4 Å². The molecular formula is C19H23ClFN3O3S. The first-order valence-corrected chi connectivity index (χ1v) is 10.2. The summed E-state index contributed by atoms with van der Waals surface area (Å²) in [6.07, 6.45) is 1.30. The molecule has 1 aliphatic rings. The van der Waals surface area contributed by atoms with Crippen LogP contribution in [0.2, 0.25) is 0 Å². The van der Waals surface area contributed by atoms with E-state index in [4.69, 9.17) is 5.73 Å². The molecule has 3 N–H and O–H groups in total. The molecule has 1 heterocycles. The summed E-state index contributed by atoms with van der Waals surface area (Å²) in [7, 11) is -3.85. The van der Waals surface area contributed by atoms with Crippen LogP contribution >= 0.6 is 12.4 Å². The Morgan fingerprint density at radius 2 is 1.93 bits per heavy atom. The lowest BCUT2D eigenvalue weighted by Crippen LogP contribution is -2.49. The first-order chi connectivity index (χ1) is 12.9. The van der Waals surface area contributed by atoms with Gasteiger partial charge in [0, 0.05) is 31.2 Å². The fourth-order valence-corrected chi connectivity index (χ4v) is 4.44. The van der Waals surface area contributed by atoms with Gasteiger partial charge in [-0.25, -0.2) is 17.5 Å². The molecule has 0 saturated carbocycles. The van der Waals surface area contributed by atoms with E-state index in [1.165, 1.54) is 18.2 Å². The number of amides is 1. The Hall–Kier alpha value is -2.00. The molecule has 0 aromatic heterocycles. The molecule has 28 heavy (non-hydrogen) atoms. The van der Waals surface area contributed by atoms with Gasteiger partial charge < -0.3 is 10.6 Å². The maximum Gasteiger partial charge on any atom is 0.253 e. The Morgan fingerprint density at radius 1 is 1.21 bits per heavy atom. The number of nitrogens with two attached hydrogens (primary N) is 1. The number of nitrogens with zero attached hydrogens (tertiary/aromatic N) is 1. The third-order valence-electron chi connectivity index (χ3n) is 4.57. The number of carbonyl (C=O) groups excluding carboxylic acids is 1. The highest BCUT2D eigenvalue weighted by Gasteiger charge is 2.28. The molecule has 0 bridgehead atoms. The highest BCUT2D eigenvalue weighted by molar-refractivity contribution is 7.89. The van der Waals surface area contributed by atoms with Crippen LogP contribution in [0.3, 0.4) is 0 Å². The van der Waals surface area contributed by atoms with Crippen LogP contribution in [-0.2, 0) is 16.6 Å². The number of carbonyl (C=O) groups is 1. The lowest BCUT2D eigenvalue weighted by Gasteiger charge is -2.33. The van der Waals surface area contributed by atoms with Gasteiger partial charge >= 0.3 is 0 Å². The highest BCUT2D eigenvalue weighted by atomic mass is 35.5. The van der Waals surface area contributed by atoms with Gasteiger partial charge in [-0.1, -0.05) is 18.2 Å². The van der Waals surface area contributed by atoms with Gasteiger partial charge in [-0.05, 0) is 48.7 Å². The van der Waals surface area contributed by atoms with Crippen molar-refractivity contribution in [3.05, 3.63) is 65.5 Å². The lowest BCUT2D eigenvalue weighted by atomic mass is 10.0. The SMILES string of the molecule is Cl.NCc1ccc(C(=O)N2CCCC(NS(=O)(=O)c3cccc(F)c3)C2)cc1. The van der Waals surface area contributed by atoms with Crippen LogP contribution < -0.4 is 10.5 Å². The van der Waals surface area contributed by atoms with Gasteiger partial charge in [0.15, 0.2) is 0 Å². The number of nitrogens with one attached hydrogen (secondary N) is 1. The highest BCUT2D eigenvalue weighted by Crippen LogP contribution is 2.17. The molecule has 1 amide bonds. The van der Waals surface area contributed by atoms with Crippen LogP contribution in [0.4, 0.5) is 4.39 Å². The van der Waals surface area contributed by atoms with E-state index in [1.54, 1.807) is 29.2 Å². The van der Waals surface area contributed by atoms with Crippen molar-refractivity contribution in [1.29, 1.82) is 0 Å². The second-order valence-electron chi connectivity index (χ2n) is 6.57. The quantitative estimate of drug-likeness (QED) is 0.765. The molecule has 0 spiro atoms. The van der Waals surface area contributed by atoms with E-state index in [-0.39, 0.29) is 29.8 Å². The number of hydrogen-bond acceptors (Lipinski definition) is 4. The zero-order valence-corrected chi connectivity index (χ0v) is 16.8. The molecule has 0 aliphatic carbocycles. The molecule has 1 fully saturated rings. The molecule has 1 unspecified atom stereocenters. The van der Waals surface area contributed by atoms with Crippen molar-refractivity contribution in [1.82, 2.24) is 9.62 Å². The summed E-state index contributed by atoms with van der Waals surface area (Å²) in [6, 6.07) is 11.5. The Bertz CT molecular complexity index is 922. The molecule has 1 atom stereocenters. The number of benzene rings is 2. The van der Waals surface area contributed by atoms with Crippen molar-refractivity contribution in [2.24, 2.45) is 5.73 Å². The van der Waals surface area contributed by atoms with E-state index >= 15 is 0 Å². The zero-order valence-electron chi connectivity index (χ0n) is 15.2. The van der Waals surface area contributed by atoms with Crippen molar-refractivity contribution >= 4 is 28.3 Å². The lowest BCUT2D eigenvalue weighted by molar-refractivity contribution is 0.0703. The minimum absolute atomic E-state index is 0. The molecule has 6 nitrogen and oxygen atoms in total. The summed E-state index contributed by atoms with van der Waals surface area (Å²) in [6.45, 7) is 1.24. The summed E-state index contributed by atoms with van der Waals surface area (Å²) >= 11 is 0. The Labute approximate surface area is 170 Å². The number of halogens is 2. The maximum absolute atomic E-state index is 13.3. The van der Waals surface area contributed by atoms with Crippen molar-refractivity contribution in [3.63, 3.8) is 0 Å². The minimum Gasteiger partial charge on any atom is -0.337 e. The van der Waals surface area contributed by atoms with Crippen LogP contribution in [-0.4, -0.2) is 38.4 Å². The van der Waals surface area contributed by atoms with Crippen LogP contribution in [0.25, 0.3) is 0 Å². The summed E-state index contributed by atoms with van der Waals surface area (Å²) in [5.74, 6) is -0.757. The average Bonchev–Trinajstić information content (AvgIpc) is 2.67. The summed E-state index contributed by atoms with van der Waals surface area (Å²) < 4.78 is 40.9. The Kier molecular flexibility index (Phi) is 7.54. The first kappa shape index (κ1) is 22.3. The largest absolute Gasteiger partial charge is 0.337 e. The molecule has 2 aromatic carbocycles. The molecule has 3 rings (SSSR count). The van der Waals surface area contributed by atoms with E-state index in [0.29, 0.717) is 31.5 Å². The van der Waals surface area contributed by atoms with Crippen LogP contribution in [0, 0.1) is 5.82 Å². The fraction of sp³-hybridized carbons (Fsp3) is 0.316. The van der Waals surface area contributed by atoms with Gasteiger partial charge in [0.2, 0.25) is 10.0 Å². The van der Waals surface area contributed by atoms with Crippen LogP contribution in [0.5, 0.6) is 0 Å². The van der Waals surface area contributed by atoms with Gasteiger partial charge in [-0.2, -0.15) is 0 Å². The molecule has 1 aliphatic heterocycles. The second kappa shape index (κ2) is 9.47. The summed E-state index contributed by atoms with van der Waals surface area (Å²) in [5.41, 5.74) is 7.05. The molecule has 0 radical (unpaired) electrons. The van der Waals surface area contributed by atoms with Crippen molar-refractivity contribution < 1.29 is 17.6 Å². The predicted molar refractivity (Wildman–Crippen MR) is 107 cm³/mol. The topological polar surface area (TPSA) is 92.5 Å². The number of sulfonamides is 1. The summed E-state index contributed by atoms with van der Waals surface area (Å²) in [4.78, 5) is 14.2. The second-order valence-corrected chi connectivity index (χ2v) is 8.28. The van der Waals surface area contributed by atoms with Gasteiger partial charge in [0.25, 0.3) is 5.91 Å². The fourth-order valence-electron chi connectivity index (χ4n) is 3.15. The third kappa shape index (κ3) is 5.29. The van der Waals surface area contributed by atoms with Crippen LogP contribution in [0.1, 0.15) is 28.8 Å². The smallest absolute Gasteiger partial charge is 0.253 e. The predicted octanol–water partition coefficient (Wildman–Crippen LogP) is 2.29. The van der Waals surface area contributed by atoms with E-state index in [0.717, 1.165) is 11.6 Å². The van der Waals surface area contributed by atoms with E-state index < -0.39 is 21.9 Å². The van der Waals surface area contributed by atoms with Gasteiger partial charge in [0.05, 0.1) is 4.90 Å². The van der Waals surface area contributed by atoms with Crippen molar-refractivity contribution in [3.8, 4) is 0 Å². The number of hydrogen-bond donors (Lipinski definition) is 2. The number of likely N-dealkylation sites (tertiary alicyclic amines) is 1. The zero-order chi connectivity index (χ0) is 19.4. The average molecular weight is 428 g/mol. The van der Waals surface area contributed by atoms with Crippen molar-refractivity contribution in [2.45, 2.75) is 30.3 Å². The number of rotatable bonds is 5. The Morgan fingerprint density at radius 3 is 2.57 bits per heavy atom. The summed E-state index contributed by atoms with van der Waals surface area (Å²) in [5, 5.41) is 0. The molecule has 2 aromatic rings. The van der Waals surface area contributed by atoms with E-state index in [2.05, 4.69) is 4.72 Å². The molecular weight excluding hydrogens is 405 g/mol. The van der Waals surface area contributed by atoms with E-state index in [9.17, 15) is 17.6 Å². The van der Waals surface area contributed by atoms with Crippen molar-refractivity contribution in [2.75, 3.05) is 13.1 Å².